The first-order valence-corrected chi connectivity index (χ1v) is 9.94. The van der Waals surface area contributed by atoms with Gasteiger partial charge in [-0.15, -0.1) is 0 Å². The largest absolute Gasteiger partial charge is 0.514 e. The summed E-state index contributed by atoms with van der Waals surface area (Å²) in [6, 6.07) is 5.54. The van der Waals surface area contributed by atoms with Crippen molar-refractivity contribution in [3.8, 4) is 11.6 Å². The molecule has 2 aromatic heterocycles. The highest BCUT2D eigenvalue weighted by molar-refractivity contribution is 5.65. The monoisotopic (exact) mass is 419 g/mol. The van der Waals surface area contributed by atoms with Crippen LogP contribution in [0.25, 0.3) is 0 Å². The lowest BCUT2D eigenvalue weighted by Gasteiger charge is -2.38. The number of nitrogens with zero attached hydrogens (tertiary/aromatic N) is 2. The van der Waals surface area contributed by atoms with Gasteiger partial charge in [-0.3, -0.25) is 4.98 Å². The molecule has 0 bridgehead atoms. The molecule has 1 saturated heterocycles. The number of H-pyrrole nitrogens is 1. The fraction of sp³-hybridized carbons (Fsp3) is 0.524. The van der Waals surface area contributed by atoms with E-state index in [2.05, 4.69) is 19.6 Å². The minimum absolute atomic E-state index is 0.0384. The minimum atomic E-state index is -0.931. The minimum Gasteiger partial charge on any atom is -0.485 e. The van der Waals surface area contributed by atoms with E-state index in [1.807, 2.05) is 32.0 Å². The zero-order valence-electron chi connectivity index (χ0n) is 17.6. The van der Waals surface area contributed by atoms with Gasteiger partial charge >= 0.3 is 6.16 Å². The average Bonchev–Trinajstić information content (AvgIpc) is 3.01. The number of β-amino-alcohol motifs (C(OH)–C–C–N with tert-alkyl or cyclic N) is 1. The maximum atomic E-state index is 11.4. The number of hydrogen-bond acceptors (Lipinski definition) is 8. The third kappa shape index (κ3) is 5.10. The highest BCUT2D eigenvalue weighted by Crippen LogP contribution is 2.34. The first-order chi connectivity index (χ1) is 14.3. The van der Waals surface area contributed by atoms with Gasteiger partial charge in [-0.1, -0.05) is 6.07 Å². The van der Waals surface area contributed by atoms with Crippen LogP contribution in [0.15, 0.2) is 24.4 Å². The van der Waals surface area contributed by atoms with Crippen molar-refractivity contribution in [1.82, 2.24) is 14.9 Å². The topological polar surface area (TPSA) is 117 Å². The van der Waals surface area contributed by atoms with E-state index in [4.69, 9.17) is 9.47 Å². The molecule has 1 fully saturated rings. The number of likely N-dealkylation sites (tertiary alicyclic amines) is 1. The van der Waals surface area contributed by atoms with Gasteiger partial charge in [0.05, 0.1) is 12.8 Å². The summed E-state index contributed by atoms with van der Waals surface area (Å²) >= 11 is 0. The zero-order chi connectivity index (χ0) is 21.7. The molecular formula is C21H29N3O6. The van der Waals surface area contributed by atoms with Crippen molar-refractivity contribution in [3.63, 3.8) is 0 Å². The SMILES string of the molecule is COC(=O)Oc1[nH]c(C)c(C)c1OCC(O)CN1CCC(O)(c2ccccn2)CC1. The van der Waals surface area contributed by atoms with Crippen LogP contribution >= 0.6 is 0 Å². The van der Waals surface area contributed by atoms with Crippen LogP contribution in [0, 0.1) is 13.8 Å². The van der Waals surface area contributed by atoms with E-state index in [0.29, 0.717) is 43.9 Å². The predicted octanol–water partition coefficient (Wildman–Crippen LogP) is 1.90. The Labute approximate surface area is 175 Å². The number of ether oxygens (including phenoxy) is 3. The van der Waals surface area contributed by atoms with Crippen LogP contribution in [0.5, 0.6) is 11.6 Å². The molecule has 1 aliphatic rings. The number of aromatic amines is 1. The van der Waals surface area contributed by atoms with Gasteiger partial charge in [0.2, 0.25) is 5.88 Å². The number of piperidine rings is 1. The molecule has 9 nitrogen and oxygen atoms in total. The molecule has 1 aliphatic heterocycles. The van der Waals surface area contributed by atoms with E-state index >= 15 is 0 Å². The lowest BCUT2D eigenvalue weighted by molar-refractivity contribution is -0.0401. The normalized spacial score (nSPS) is 17.4. The van der Waals surface area contributed by atoms with Crippen molar-refractivity contribution in [2.24, 2.45) is 0 Å². The van der Waals surface area contributed by atoms with Gasteiger partial charge < -0.3 is 34.3 Å². The molecule has 0 aliphatic carbocycles. The van der Waals surface area contributed by atoms with Crippen LogP contribution in [0.3, 0.4) is 0 Å². The Balaban J connectivity index is 1.51. The van der Waals surface area contributed by atoms with E-state index in [0.717, 1.165) is 11.3 Å². The molecule has 30 heavy (non-hydrogen) atoms. The number of aliphatic hydroxyl groups excluding tert-OH is 1. The molecule has 2 aromatic rings. The molecule has 9 heteroatoms. The van der Waals surface area contributed by atoms with Gasteiger partial charge in [-0.05, 0) is 38.8 Å². The fourth-order valence-electron chi connectivity index (χ4n) is 3.56. The Morgan fingerprint density at radius 2 is 2.07 bits per heavy atom. The third-order valence-corrected chi connectivity index (χ3v) is 5.48. The lowest BCUT2D eigenvalue weighted by atomic mass is 9.87. The molecular weight excluding hydrogens is 390 g/mol. The second-order valence-corrected chi connectivity index (χ2v) is 7.60. The number of aryl methyl sites for hydroxylation is 1. The van der Waals surface area contributed by atoms with E-state index in [-0.39, 0.29) is 12.5 Å². The van der Waals surface area contributed by atoms with Gasteiger partial charge in [-0.25, -0.2) is 4.79 Å². The van der Waals surface area contributed by atoms with Crippen molar-refractivity contribution in [2.75, 3.05) is 33.4 Å². The number of carbonyl (C=O) groups excluding carboxylic acids is 1. The van der Waals surface area contributed by atoms with Crippen LogP contribution in [0.1, 0.15) is 29.8 Å². The number of aliphatic hydroxyl groups is 2. The number of methoxy groups -OCH3 is 1. The summed E-state index contributed by atoms with van der Waals surface area (Å²) in [5.41, 5.74) is 1.34. The van der Waals surface area contributed by atoms with Gasteiger partial charge in [0.1, 0.15) is 18.3 Å². The van der Waals surface area contributed by atoms with E-state index in [1.165, 1.54) is 7.11 Å². The molecule has 3 rings (SSSR count). The van der Waals surface area contributed by atoms with Crippen molar-refractivity contribution >= 4 is 6.16 Å². The third-order valence-electron chi connectivity index (χ3n) is 5.48. The lowest BCUT2D eigenvalue weighted by Crippen LogP contribution is -2.46. The summed E-state index contributed by atoms with van der Waals surface area (Å²) in [5, 5.41) is 21.3. The van der Waals surface area contributed by atoms with Crippen LogP contribution in [-0.2, 0) is 10.3 Å². The predicted molar refractivity (Wildman–Crippen MR) is 109 cm³/mol. The Morgan fingerprint density at radius 1 is 1.33 bits per heavy atom. The standard InChI is InChI=1S/C21H29N3O6/c1-14-15(2)23-19(30-20(26)28-3)18(14)29-13-16(25)12-24-10-7-21(27,8-11-24)17-6-4-5-9-22-17/h4-6,9,16,23,25,27H,7-8,10-13H2,1-3H3. The van der Waals surface area contributed by atoms with Crippen molar-refractivity contribution in [2.45, 2.75) is 38.4 Å². The highest BCUT2D eigenvalue weighted by atomic mass is 16.7. The number of hydrogen-bond donors (Lipinski definition) is 3. The zero-order valence-corrected chi connectivity index (χ0v) is 17.6. The number of rotatable bonds is 7. The first kappa shape index (κ1) is 22.1. The smallest absolute Gasteiger partial charge is 0.485 e. The molecule has 3 N–H and O–H groups in total. The maximum absolute atomic E-state index is 11.4. The first-order valence-electron chi connectivity index (χ1n) is 9.94. The number of pyridine rings is 1. The van der Waals surface area contributed by atoms with Crippen molar-refractivity contribution < 1.29 is 29.2 Å². The van der Waals surface area contributed by atoms with Gasteiger partial charge in [0.15, 0.2) is 5.75 Å². The average molecular weight is 419 g/mol. The summed E-state index contributed by atoms with van der Waals surface area (Å²) < 4.78 is 15.3. The molecule has 0 radical (unpaired) electrons. The quantitative estimate of drug-likeness (QED) is 0.583. The van der Waals surface area contributed by atoms with Crippen LogP contribution in [0.2, 0.25) is 0 Å². The summed E-state index contributed by atoms with van der Waals surface area (Å²) in [6.07, 6.45) is 1.18. The molecule has 0 amide bonds. The summed E-state index contributed by atoms with van der Waals surface area (Å²) in [7, 11) is 1.23. The number of carbonyl (C=O) groups is 1. The molecule has 0 aromatic carbocycles. The molecule has 0 saturated carbocycles. The Hall–Kier alpha value is -2.62. The summed E-state index contributed by atoms with van der Waals surface area (Å²) in [6.45, 7) is 5.40. The summed E-state index contributed by atoms with van der Waals surface area (Å²) in [5.74, 6) is 0.530. The second kappa shape index (κ2) is 9.46. The van der Waals surface area contributed by atoms with Gasteiger partial charge in [0, 0.05) is 37.1 Å². The fourth-order valence-corrected chi connectivity index (χ4v) is 3.56. The second-order valence-electron chi connectivity index (χ2n) is 7.60. The maximum Gasteiger partial charge on any atom is 0.514 e. The molecule has 1 atom stereocenters. The van der Waals surface area contributed by atoms with Crippen LogP contribution < -0.4 is 9.47 Å². The molecule has 1 unspecified atom stereocenters. The van der Waals surface area contributed by atoms with Gasteiger partial charge in [-0.2, -0.15) is 0 Å². The number of nitrogens with one attached hydrogen (secondary N) is 1. The number of aromatic nitrogens is 2. The Bertz CT molecular complexity index is 846. The van der Waals surface area contributed by atoms with E-state index in [9.17, 15) is 15.0 Å². The molecule has 3 heterocycles. The highest BCUT2D eigenvalue weighted by Gasteiger charge is 2.35. The van der Waals surface area contributed by atoms with E-state index in [1.54, 1.807) is 6.20 Å². The van der Waals surface area contributed by atoms with Crippen molar-refractivity contribution in [1.29, 1.82) is 0 Å². The molecule has 0 spiro atoms. The van der Waals surface area contributed by atoms with Crippen LogP contribution in [-0.4, -0.2) is 70.7 Å². The Kier molecular flexibility index (Phi) is 6.96. The van der Waals surface area contributed by atoms with Crippen molar-refractivity contribution in [3.05, 3.63) is 41.3 Å². The summed E-state index contributed by atoms with van der Waals surface area (Å²) in [4.78, 5) is 20.7. The Morgan fingerprint density at radius 3 is 2.70 bits per heavy atom. The van der Waals surface area contributed by atoms with E-state index < -0.39 is 17.9 Å². The molecule has 164 valence electrons. The van der Waals surface area contributed by atoms with Crippen LogP contribution in [0.4, 0.5) is 4.79 Å². The van der Waals surface area contributed by atoms with Gasteiger partial charge in [0.25, 0.3) is 0 Å².